The lowest BCUT2D eigenvalue weighted by atomic mass is 9.93. The summed E-state index contributed by atoms with van der Waals surface area (Å²) >= 11 is 1.41. The summed E-state index contributed by atoms with van der Waals surface area (Å²) in [7, 11) is 0. The lowest BCUT2D eigenvalue weighted by molar-refractivity contribution is 0.1000. The minimum atomic E-state index is 0.0530. The van der Waals surface area contributed by atoms with Crippen molar-refractivity contribution in [2.45, 2.75) is 0 Å². The second kappa shape index (κ2) is 4.44. The van der Waals surface area contributed by atoms with Crippen molar-refractivity contribution < 1.29 is 4.79 Å². The molecule has 4 nitrogen and oxygen atoms in total. The molecular formula is C13H11N3OS. The number of aromatic nitrogens is 1. The van der Waals surface area contributed by atoms with E-state index < -0.39 is 0 Å². The quantitative estimate of drug-likeness (QED) is 0.891. The van der Waals surface area contributed by atoms with Gasteiger partial charge >= 0.3 is 0 Å². The summed E-state index contributed by atoms with van der Waals surface area (Å²) in [5.41, 5.74) is 10.2. The van der Waals surface area contributed by atoms with Crippen molar-refractivity contribution in [3.05, 3.63) is 40.9 Å². The second-order valence-electron chi connectivity index (χ2n) is 4.06. The van der Waals surface area contributed by atoms with E-state index in [0.717, 1.165) is 28.0 Å². The van der Waals surface area contributed by atoms with E-state index in [1.54, 1.807) is 0 Å². The lowest BCUT2D eigenvalue weighted by Gasteiger charge is -2.15. The van der Waals surface area contributed by atoms with E-state index in [1.165, 1.54) is 11.5 Å². The molecule has 18 heavy (non-hydrogen) atoms. The summed E-state index contributed by atoms with van der Waals surface area (Å²) in [5, 5.41) is 1.98. The standard InChI is InChI=1S/C13H11N3OS/c14-4-12-11-3-8(9-5-16-18-7-9)1-2-10(11)13(17)6-15-12/h1-3,5,7H,4,6,14H2. The number of hydrogen-bond acceptors (Lipinski definition) is 5. The Labute approximate surface area is 108 Å². The number of nitrogens with zero attached hydrogens (tertiary/aromatic N) is 2. The van der Waals surface area contributed by atoms with Gasteiger partial charge in [-0.2, -0.15) is 0 Å². The van der Waals surface area contributed by atoms with E-state index in [4.69, 9.17) is 5.73 Å². The van der Waals surface area contributed by atoms with Gasteiger partial charge in [-0.1, -0.05) is 12.1 Å². The first-order valence-electron chi connectivity index (χ1n) is 5.60. The fraction of sp³-hybridized carbons (Fsp3) is 0.154. The van der Waals surface area contributed by atoms with Gasteiger partial charge in [0.2, 0.25) is 0 Å². The summed E-state index contributed by atoms with van der Waals surface area (Å²) in [6, 6.07) is 5.77. The third-order valence-electron chi connectivity index (χ3n) is 3.00. The van der Waals surface area contributed by atoms with Gasteiger partial charge < -0.3 is 5.73 Å². The zero-order chi connectivity index (χ0) is 12.5. The van der Waals surface area contributed by atoms with E-state index in [0.29, 0.717) is 6.54 Å². The van der Waals surface area contributed by atoms with Gasteiger partial charge in [0.05, 0.1) is 5.71 Å². The van der Waals surface area contributed by atoms with Crippen molar-refractivity contribution in [3.8, 4) is 11.1 Å². The van der Waals surface area contributed by atoms with Crippen LogP contribution in [0.25, 0.3) is 11.1 Å². The van der Waals surface area contributed by atoms with Gasteiger partial charge in [-0.05, 0) is 23.2 Å². The van der Waals surface area contributed by atoms with Crippen LogP contribution in [-0.4, -0.2) is 29.0 Å². The Morgan fingerprint density at radius 3 is 2.89 bits per heavy atom. The smallest absolute Gasteiger partial charge is 0.184 e. The predicted octanol–water partition coefficient (Wildman–Crippen LogP) is 1.75. The third kappa shape index (κ3) is 1.77. The molecule has 0 spiro atoms. The van der Waals surface area contributed by atoms with E-state index in [-0.39, 0.29) is 12.3 Å². The van der Waals surface area contributed by atoms with Crippen LogP contribution in [0.2, 0.25) is 0 Å². The number of carbonyl (C=O) groups is 1. The molecule has 2 heterocycles. The molecule has 0 saturated carbocycles. The number of fused-ring (bicyclic) bond motifs is 1. The Bertz CT molecular complexity index is 632. The highest BCUT2D eigenvalue weighted by Crippen LogP contribution is 2.25. The fourth-order valence-corrected chi connectivity index (χ4v) is 2.61. The summed E-state index contributed by atoms with van der Waals surface area (Å²) < 4.78 is 4.08. The van der Waals surface area contributed by atoms with E-state index in [9.17, 15) is 4.79 Å². The summed E-state index contributed by atoms with van der Waals surface area (Å²) in [5.74, 6) is 0.0530. The molecule has 1 aliphatic rings. The summed E-state index contributed by atoms with van der Waals surface area (Å²) in [4.78, 5) is 16.0. The number of rotatable bonds is 2. The summed E-state index contributed by atoms with van der Waals surface area (Å²) in [6.45, 7) is 0.560. The molecule has 1 aliphatic heterocycles. The van der Waals surface area contributed by atoms with Gasteiger partial charge in [-0.15, -0.1) is 0 Å². The molecule has 0 fully saturated rings. The van der Waals surface area contributed by atoms with Crippen LogP contribution in [0.15, 0.2) is 34.8 Å². The Kier molecular flexibility index (Phi) is 2.77. The molecule has 5 heteroatoms. The average molecular weight is 257 g/mol. The normalized spacial score (nSPS) is 14.3. The maximum absolute atomic E-state index is 11.8. The SMILES string of the molecule is NCC1=NCC(=O)c2ccc(-c3cnsc3)cc21. The molecule has 0 bridgehead atoms. The van der Waals surface area contributed by atoms with Crippen molar-refractivity contribution in [2.24, 2.45) is 10.7 Å². The monoisotopic (exact) mass is 257 g/mol. The first-order chi connectivity index (χ1) is 8.79. The van der Waals surface area contributed by atoms with Crippen LogP contribution in [-0.2, 0) is 0 Å². The Morgan fingerprint density at radius 2 is 2.17 bits per heavy atom. The Balaban J connectivity index is 2.15. The van der Waals surface area contributed by atoms with Crippen molar-refractivity contribution in [1.29, 1.82) is 0 Å². The molecule has 0 radical (unpaired) electrons. The van der Waals surface area contributed by atoms with Gasteiger partial charge in [0.1, 0.15) is 6.54 Å². The largest absolute Gasteiger partial charge is 0.325 e. The highest BCUT2D eigenvalue weighted by molar-refractivity contribution is 7.03. The fourth-order valence-electron chi connectivity index (χ4n) is 2.07. The van der Waals surface area contributed by atoms with Crippen LogP contribution in [0.1, 0.15) is 15.9 Å². The molecule has 0 amide bonds. The maximum atomic E-state index is 11.8. The predicted molar refractivity (Wildman–Crippen MR) is 72.3 cm³/mol. The molecule has 1 aromatic carbocycles. The number of ketones is 1. The highest BCUT2D eigenvalue weighted by Gasteiger charge is 2.20. The van der Waals surface area contributed by atoms with Crippen LogP contribution in [0, 0.1) is 0 Å². The lowest BCUT2D eigenvalue weighted by Crippen LogP contribution is -2.24. The minimum Gasteiger partial charge on any atom is -0.325 e. The third-order valence-corrected chi connectivity index (χ3v) is 3.59. The van der Waals surface area contributed by atoms with Crippen LogP contribution >= 0.6 is 11.5 Å². The molecule has 2 N–H and O–H groups in total. The number of carbonyl (C=O) groups excluding carboxylic acids is 1. The molecule has 0 atom stereocenters. The molecule has 90 valence electrons. The molecule has 0 saturated heterocycles. The van der Waals surface area contributed by atoms with Crippen LogP contribution in [0.5, 0.6) is 0 Å². The van der Waals surface area contributed by atoms with Crippen LogP contribution in [0.3, 0.4) is 0 Å². The highest BCUT2D eigenvalue weighted by atomic mass is 32.1. The molecule has 1 aromatic heterocycles. The zero-order valence-electron chi connectivity index (χ0n) is 9.59. The van der Waals surface area contributed by atoms with Gasteiger partial charge in [0.25, 0.3) is 0 Å². The van der Waals surface area contributed by atoms with Crippen molar-refractivity contribution in [2.75, 3.05) is 13.1 Å². The number of Topliss-reactive ketones (excluding diaryl/α,β-unsaturated/α-hetero) is 1. The first-order valence-corrected chi connectivity index (χ1v) is 6.44. The van der Waals surface area contributed by atoms with Gasteiger partial charge in [-0.25, -0.2) is 4.37 Å². The average Bonchev–Trinajstić information content (AvgIpc) is 2.93. The number of hydrogen-bond donors (Lipinski definition) is 1. The number of aliphatic imine (C=N–C) groups is 1. The summed E-state index contributed by atoms with van der Waals surface area (Å²) in [6.07, 6.45) is 1.82. The molecule has 0 unspecified atom stereocenters. The molecular weight excluding hydrogens is 246 g/mol. The Hall–Kier alpha value is -1.85. The second-order valence-corrected chi connectivity index (χ2v) is 4.72. The van der Waals surface area contributed by atoms with Crippen molar-refractivity contribution >= 4 is 23.0 Å². The molecule has 0 aliphatic carbocycles. The van der Waals surface area contributed by atoms with Gasteiger partial charge in [0.15, 0.2) is 5.78 Å². The topological polar surface area (TPSA) is 68.3 Å². The molecule has 3 rings (SSSR count). The van der Waals surface area contributed by atoms with Gasteiger partial charge in [0, 0.05) is 34.8 Å². The van der Waals surface area contributed by atoms with Crippen molar-refractivity contribution in [1.82, 2.24) is 4.37 Å². The zero-order valence-corrected chi connectivity index (χ0v) is 10.4. The maximum Gasteiger partial charge on any atom is 0.184 e. The Morgan fingerprint density at radius 1 is 1.28 bits per heavy atom. The van der Waals surface area contributed by atoms with Crippen molar-refractivity contribution in [3.63, 3.8) is 0 Å². The van der Waals surface area contributed by atoms with E-state index >= 15 is 0 Å². The van der Waals surface area contributed by atoms with Crippen LogP contribution < -0.4 is 5.73 Å². The molecule has 2 aromatic rings. The first kappa shape index (κ1) is 11.3. The minimum absolute atomic E-state index is 0.0530. The van der Waals surface area contributed by atoms with Crippen LogP contribution in [0.4, 0.5) is 0 Å². The van der Waals surface area contributed by atoms with E-state index in [2.05, 4.69) is 9.37 Å². The number of benzene rings is 1. The van der Waals surface area contributed by atoms with E-state index in [1.807, 2.05) is 29.8 Å². The van der Waals surface area contributed by atoms with Gasteiger partial charge in [-0.3, -0.25) is 9.79 Å². The number of nitrogens with two attached hydrogens (primary N) is 1.